The highest BCUT2D eigenvalue weighted by Gasteiger charge is 2.11. The number of benzene rings is 1. The van der Waals surface area contributed by atoms with Crippen molar-refractivity contribution in [3.05, 3.63) is 53.5 Å². The molecule has 0 aliphatic heterocycles. The van der Waals surface area contributed by atoms with E-state index in [9.17, 15) is 4.39 Å². The van der Waals surface area contributed by atoms with Gasteiger partial charge in [0.25, 0.3) is 0 Å². The monoisotopic (exact) mass is 274 g/mol. The fraction of sp³-hybridized carbons (Fsp3) is 0.312. The van der Waals surface area contributed by atoms with Crippen LogP contribution < -0.4 is 10.1 Å². The predicted octanol–water partition coefficient (Wildman–Crippen LogP) is 3.82. The van der Waals surface area contributed by atoms with Gasteiger partial charge >= 0.3 is 0 Å². The molecule has 1 aromatic carbocycles. The summed E-state index contributed by atoms with van der Waals surface area (Å²) in [5.41, 5.74) is 1.46. The lowest BCUT2D eigenvalue weighted by Gasteiger charge is -2.13. The van der Waals surface area contributed by atoms with Gasteiger partial charge in [0.2, 0.25) is 5.88 Å². The summed E-state index contributed by atoms with van der Waals surface area (Å²) in [6.07, 6.45) is 1.64. The molecule has 0 aliphatic carbocycles. The summed E-state index contributed by atoms with van der Waals surface area (Å²) in [4.78, 5) is 4.19. The van der Waals surface area contributed by atoms with E-state index in [0.29, 0.717) is 24.0 Å². The topological polar surface area (TPSA) is 34.1 Å². The van der Waals surface area contributed by atoms with Crippen LogP contribution in [-0.2, 0) is 6.54 Å². The molecule has 1 N–H and O–H groups in total. The van der Waals surface area contributed by atoms with E-state index in [0.717, 1.165) is 5.56 Å². The summed E-state index contributed by atoms with van der Waals surface area (Å²) in [6.45, 7) is 6.48. The Bertz CT molecular complexity index is 584. The first kappa shape index (κ1) is 14.5. The van der Waals surface area contributed by atoms with Gasteiger partial charge < -0.3 is 10.1 Å². The van der Waals surface area contributed by atoms with Gasteiger partial charge in [0, 0.05) is 24.3 Å². The van der Waals surface area contributed by atoms with Crippen LogP contribution in [0.3, 0.4) is 0 Å². The molecule has 0 radical (unpaired) electrons. The molecular weight excluding hydrogens is 255 g/mol. The summed E-state index contributed by atoms with van der Waals surface area (Å²) < 4.78 is 19.6. The molecule has 0 bridgehead atoms. The predicted molar refractivity (Wildman–Crippen MR) is 77.4 cm³/mol. The second kappa shape index (κ2) is 6.48. The van der Waals surface area contributed by atoms with Gasteiger partial charge in [-0.2, -0.15) is 0 Å². The van der Waals surface area contributed by atoms with Crippen LogP contribution in [0.5, 0.6) is 11.6 Å². The number of nitrogens with one attached hydrogen (secondary N) is 1. The summed E-state index contributed by atoms with van der Waals surface area (Å²) in [7, 11) is 0. The number of hydrogen-bond acceptors (Lipinski definition) is 3. The normalized spacial score (nSPS) is 10.8. The third-order valence-corrected chi connectivity index (χ3v) is 2.91. The summed E-state index contributed by atoms with van der Waals surface area (Å²) >= 11 is 0. The van der Waals surface area contributed by atoms with E-state index in [4.69, 9.17) is 4.74 Å². The van der Waals surface area contributed by atoms with Gasteiger partial charge in [0.05, 0.1) is 0 Å². The molecule has 0 saturated heterocycles. The van der Waals surface area contributed by atoms with E-state index in [-0.39, 0.29) is 11.6 Å². The molecule has 20 heavy (non-hydrogen) atoms. The molecule has 0 aliphatic rings. The second-order valence-electron chi connectivity index (χ2n) is 4.99. The summed E-state index contributed by atoms with van der Waals surface area (Å²) in [5, 5.41) is 3.30. The number of pyridine rings is 1. The third kappa shape index (κ3) is 3.54. The van der Waals surface area contributed by atoms with Crippen molar-refractivity contribution in [3.8, 4) is 11.6 Å². The zero-order chi connectivity index (χ0) is 14.5. The van der Waals surface area contributed by atoms with E-state index in [1.165, 1.54) is 0 Å². The van der Waals surface area contributed by atoms with Crippen LogP contribution in [0, 0.1) is 12.7 Å². The van der Waals surface area contributed by atoms with Crippen molar-refractivity contribution >= 4 is 0 Å². The summed E-state index contributed by atoms with van der Waals surface area (Å²) in [6, 6.07) is 9.21. The molecule has 0 fully saturated rings. The van der Waals surface area contributed by atoms with Gasteiger partial charge in [-0.15, -0.1) is 0 Å². The second-order valence-corrected chi connectivity index (χ2v) is 4.99. The van der Waals surface area contributed by atoms with Crippen molar-refractivity contribution in [3.63, 3.8) is 0 Å². The molecule has 1 aromatic heterocycles. The molecule has 0 amide bonds. The molecule has 2 rings (SSSR count). The van der Waals surface area contributed by atoms with Crippen molar-refractivity contribution in [1.82, 2.24) is 10.3 Å². The quantitative estimate of drug-likeness (QED) is 0.900. The van der Waals surface area contributed by atoms with E-state index >= 15 is 0 Å². The standard InChI is InChI=1S/C16H19FN2O/c1-11(2)19-10-13-7-5-9-18-16(13)20-14-8-4-6-12(3)15(14)17/h4-9,11,19H,10H2,1-3H3. The zero-order valence-electron chi connectivity index (χ0n) is 12.0. The lowest BCUT2D eigenvalue weighted by molar-refractivity contribution is 0.417. The third-order valence-electron chi connectivity index (χ3n) is 2.91. The van der Waals surface area contributed by atoms with E-state index < -0.39 is 0 Å². The average molecular weight is 274 g/mol. The largest absolute Gasteiger partial charge is 0.436 e. The van der Waals surface area contributed by atoms with E-state index in [2.05, 4.69) is 24.1 Å². The number of ether oxygens (including phenoxy) is 1. The van der Waals surface area contributed by atoms with Crippen LogP contribution in [0.4, 0.5) is 4.39 Å². The maximum Gasteiger partial charge on any atom is 0.223 e. The Labute approximate surface area is 118 Å². The number of rotatable bonds is 5. The zero-order valence-corrected chi connectivity index (χ0v) is 12.0. The van der Waals surface area contributed by atoms with Gasteiger partial charge in [-0.25, -0.2) is 9.37 Å². The molecule has 2 aromatic rings. The molecule has 106 valence electrons. The van der Waals surface area contributed by atoms with E-state index in [1.807, 2.05) is 12.1 Å². The smallest absolute Gasteiger partial charge is 0.223 e. The van der Waals surface area contributed by atoms with Gasteiger partial charge in [0.15, 0.2) is 11.6 Å². The number of aryl methyl sites for hydroxylation is 1. The molecule has 0 spiro atoms. The molecule has 0 unspecified atom stereocenters. The van der Waals surface area contributed by atoms with Crippen LogP contribution >= 0.6 is 0 Å². The molecule has 0 saturated carbocycles. The summed E-state index contributed by atoms with van der Waals surface area (Å²) in [5.74, 6) is 0.292. The number of aromatic nitrogens is 1. The lowest BCUT2D eigenvalue weighted by atomic mass is 10.2. The Kier molecular flexibility index (Phi) is 4.69. The molecule has 1 heterocycles. The lowest BCUT2D eigenvalue weighted by Crippen LogP contribution is -2.22. The average Bonchev–Trinajstić information content (AvgIpc) is 2.43. The molecule has 3 nitrogen and oxygen atoms in total. The minimum Gasteiger partial charge on any atom is -0.436 e. The Morgan fingerprint density at radius 2 is 2.05 bits per heavy atom. The maximum absolute atomic E-state index is 14.0. The van der Waals surface area contributed by atoms with Crippen LogP contribution in [0.1, 0.15) is 25.0 Å². The first-order valence-corrected chi connectivity index (χ1v) is 6.68. The fourth-order valence-electron chi connectivity index (χ4n) is 1.77. The highest BCUT2D eigenvalue weighted by atomic mass is 19.1. The van der Waals surface area contributed by atoms with Crippen LogP contribution in [0.15, 0.2) is 36.5 Å². The van der Waals surface area contributed by atoms with Crippen molar-refractivity contribution in [2.45, 2.75) is 33.4 Å². The van der Waals surface area contributed by atoms with Crippen LogP contribution in [0.25, 0.3) is 0 Å². The van der Waals surface area contributed by atoms with Gasteiger partial charge in [-0.05, 0) is 24.6 Å². The Balaban J connectivity index is 2.22. The van der Waals surface area contributed by atoms with Crippen molar-refractivity contribution in [1.29, 1.82) is 0 Å². The van der Waals surface area contributed by atoms with Gasteiger partial charge in [-0.1, -0.05) is 32.0 Å². The number of nitrogens with zero attached hydrogens (tertiary/aromatic N) is 1. The number of hydrogen-bond donors (Lipinski definition) is 1. The Morgan fingerprint density at radius 3 is 2.80 bits per heavy atom. The fourth-order valence-corrected chi connectivity index (χ4v) is 1.77. The van der Waals surface area contributed by atoms with Gasteiger partial charge in [0.1, 0.15) is 0 Å². The van der Waals surface area contributed by atoms with E-state index in [1.54, 1.807) is 31.3 Å². The maximum atomic E-state index is 14.0. The van der Waals surface area contributed by atoms with Crippen molar-refractivity contribution in [2.24, 2.45) is 0 Å². The molecular formula is C16H19FN2O. The molecule has 0 atom stereocenters. The number of halogens is 1. The Hall–Kier alpha value is -1.94. The highest BCUT2D eigenvalue weighted by Crippen LogP contribution is 2.26. The Morgan fingerprint density at radius 1 is 1.25 bits per heavy atom. The van der Waals surface area contributed by atoms with Crippen molar-refractivity contribution < 1.29 is 9.13 Å². The first-order chi connectivity index (χ1) is 9.58. The van der Waals surface area contributed by atoms with Crippen LogP contribution in [0.2, 0.25) is 0 Å². The van der Waals surface area contributed by atoms with Crippen molar-refractivity contribution in [2.75, 3.05) is 0 Å². The van der Waals surface area contributed by atoms with Crippen LogP contribution in [-0.4, -0.2) is 11.0 Å². The first-order valence-electron chi connectivity index (χ1n) is 6.68. The minimum atomic E-state index is -0.346. The van der Waals surface area contributed by atoms with Gasteiger partial charge in [-0.3, -0.25) is 0 Å². The highest BCUT2D eigenvalue weighted by molar-refractivity contribution is 5.35. The SMILES string of the molecule is Cc1cccc(Oc2ncccc2CNC(C)C)c1F. The molecule has 4 heteroatoms. The minimum absolute atomic E-state index is 0.203.